The van der Waals surface area contributed by atoms with Gasteiger partial charge in [0.1, 0.15) is 27.6 Å². The monoisotopic (exact) mass is 398 g/mol. The number of aliphatic imine (C=N–C) groups is 1. The van der Waals surface area contributed by atoms with Crippen LogP contribution in [0.2, 0.25) is 0 Å². The number of amidine groups is 1. The standard InChI is InChI=1S/C22H24B2N4O2/c1-13-8-20(6-5-18(13)29-2)9-15-4-3-14(16-10-26-12-27-11-16)7-17(15)21(20)22(23,24)30-19(25)28-21/h3-4,7,10-13,18H,5-6,8-9H2,1-2H3,(H2,25,28)/t13-,18-,20-,21-/m0/s1. The second kappa shape index (κ2) is 6.58. The van der Waals surface area contributed by atoms with Gasteiger partial charge in [-0.25, -0.2) is 15.0 Å². The highest BCUT2D eigenvalue weighted by Gasteiger charge is 2.68. The average molecular weight is 398 g/mol. The van der Waals surface area contributed by atoms with Crippen molar-refractivity contribution in [2.45, 2.75) is 49.6 Å². The average Bonchev–Trinajstić information content (AvgIpc) is 3.13. The first-order valence-electron chi connectivity index (χ1n) is 10.4. The zero-order chi connectivity index (χ0) is 21.1. The predicted molar refractivity (Wildman–Crippen MR) is 116 cm³/mol. The maximum atomic E-state index is 6.64. The molecular weight excluding hydrogens is 374 g/mol. The Morgan fingerprint density at radius 2 is 1.97 bits per heavy atom. The first-order chi connectivity index (χ1) is 14.3. The van der Waals surface area contributed by atoms with E-state index in [4.69, 9.17) is 35.9 Å². The molecule has 3 aliphatic rings. The van der Waals surface area contributed by atoms with Gasteiger partial charge in [0.15, 0.2) is 0 Å². The maximum Gasteiger partial charge on any atom is 0.281 e. The summed E-state index contributed by atoms with van der Waals surface area (Å²) in [7, 11) is 15.0. The van der Waals surface area contributed by atoms with Gasteiger partial charge >= 0.3 is 0 Å². The van der Waals surface area contributed by atoms with Crippen LogP contribution in [0.1, 0.15) is 37.3 Å². The van der Waals surface area contributed by atoms with Gasteiger partial charge in [0.25, 0.3) is 6.02 Å². The molecule has 2 heterocycles. The van der Waals surface area contributed by atoms with Crippen molar-refractivity contribution in [3.63, 3.8) is 0 Å². The van der Waals surface area contributed by atoms with E-state index in [1.54, 1.807) is 19.5 Å². The second-order valence-electron chi connectivity index (χ2n) is 9.01. The summed E-state index contributed by atoms with van der Waals surface area (Å²) in [5, 5.41) is -1.53. The Kier molecular flexibility index (Phi) is 4.30. The number of nitrogens with two attached hydrogens (primary N) is 1. The fraction of sp³-hybridized carbons (Fsp3) is 0.500. The van der Waals surface area contributed by atoms with Crippen LogP contribution in [0, 0.1) is 11.3 Å². The molecule has 2 N–H and O–H groups in total. The highest BCUT2D eigenvalue weighted by molar-refractivity contribution is 6.41. The molecule has 0 bridgehead atoms. The van der Waals surface area contributed by atoms with Crippen LogP contribution in [0.3, 0.4) is 0 Å². The van der Waals surface area contributed by atoms with Gasteiger partial charge in [0.2, 0.25) is 0 Å². The van der Waals surface area contributed by atoms with Crippen LogP contribution >= 0.6 is 0 Å². The third-order valence-corrected chi connectivity index (χ3v) is 7.36. The molecule has 8 heteroatoms. The van der Waals surface area contributed by atoms with Crippen molar-refractivity contribution < 1.29 is 9.47 Å². The van der Waals surface area contributed by atoms with E-state index >= 15 is 0 Å². The van der Waals surface area contributed by atoms with Crippen LogP contribution in [0.4, 0.5) is 0 Å². The number of hydrogen-bond donors (Lipinski definition) is 1. The minimum absolute atomic E-state index is 0.0437. The third kappa shape index (κ3) is 2.52. The van der Waals surface area contributed by atoms with Crippen LogP contribution in [-0.4, -0.2) is 50.3 Å². The molecule has 1 fully saturated rings. The first-order valence-corrected chi connectivity index (χ1v) is 10.4. The molecule has 1 aromatic heterocycles. The van der Waals surface area contributed by atoms with E-state index in [-0.39, 0.29) is 17.5 Å². The van der Waals surface area contributed by atoms with E-state index < -0.39 is 10.9 Å². The Balaban J connectivity index is 1.70. The Bertz CT molecular complexity index is 1020. The van der Waals surface area contributed by atoms with Gasteiger partial charge in [0, 0.05) is 30.5 Å². The highest BCUT2D eigenvalue weighted by atomic mass is 16.5. The third-order valence-electron chi connectivity index (χ3n) is 7.36. The molecule has 0 unspecified atom stereocenters. The normalized spacial score (nSPS) is 34.0. The van der Waals surface area contributed by atoms with Crippen molar-refractivity contribution in [1.82, 2.24) is 9.97 Å². The quantitative estimate of drug-likeness (QED) is 0.784. The molecule has 2 spiro atoms. The van der Waals surface area contributed by atoms with E-state index in [0.29, 0.717) is 5.92 Å². The molecule has 2 aromatic rings. The number of benzene rings is 1. The summed E-state index contributed by atoms with van der Waals surface area (Å²) in [6.07, 6.45) is 8.80. The molecule has 6 nitrogen and oxygen atoms in total. The van der Waals surface area contributed by atoms with E-state index in [1.807, 2.05) is 0 Å². The zero-order valence-electron chi connectivity index (χ0n) is 17.3. The molecule has 5 rings (SSSR count). The van der Waals surface area contributed by atoms with Crippen LogP contribution in [-0.2, 0) is 21.4 Å². The van der Waals surface area contributed by atoms with Gasteiger partial charge in [-0.3, -0.25) is 0 Å². The van der Waals surface area contributed by atoms with Gasteiger partial charge in [0.05, 0.1) is 11.5 Å². The fourth-order valence-electron chi connectivity index (χ4n) is 6.19. The molecule has 0 amide bonds. The Morgan fingerprint density at radius 1 is 1.20 bits per heavy atom. The SMILES string of the molecule is [B]C1([B])OC(N)=N[C@]12c1cc(-c3cncnc3)ccc1C[C@@]21CC[C@H](OC)[C@@H](C)C1. The lowest BCUT2D eigenvalue weighted by atomic mass is 9.44. The van der Waals surface area contributed by atoms with Gasteiger partial charge in [-0.05, 0) is 54.4 Å². The molecule has 4 atom stereocenters. The first kappa shape index (κ1) is 19.6. The van der Waals surface area contributed by atoms with E-state index in [9.17, 15) is 0 Å². The molecule has 2 aliphatic carbocycles. The molecule has 1 aromatic carbocycles. The van der Waals surface area contributed by atoms with E-state index in [1.165, 1.54) is 11.9 Å². The topological polar surface area (TPSA) is 82.6 Å². The number of methoxy groups -OCH3 is 1. The lowest BCUT2D eigenvalue weighted by Crippen LogP contribution is -2.60. The highest BCUT2D eigenvalue weighted by Crippen LogP contribution is 2.65. The second-order valence-corrected chi connectivity index (χ2v) is 9.01. The summed E-state index contributed by atoms with van der Waals surface area (Å²) in [5.74, 6) is 0.338. The molecule has 30 heavy (non-hydrogen) atoms. The summed E-state index contributed by atoms with van der Waals surface area (Å²) in [6, 6.07) is 6.38. The van der Waals surface area contributed by atoms with Crippen LogP contribution in [0.15, 0.2) is 41.9 Å². The fourth-order valence-corrected chi connectivity index (χ4v) is 6.19. The number of fused-ring (bicyclic) bond motifs is 3. The van der Waals surface area contributed by atoms with Gasteiger partial charge < -0.3 is 15.2 Å². The van der Waals surface area contributed by atoms with Crippen molar-refractivity contribution in [3.05, 3.63) is 48.0 Å². The number of aromatic nitrogens is 2. The van der Waals surface area contributed by atoms with E-state index in [2.05, 4.69) is 35.1 Å². The number of ether oxygens (including phenoxy) is 2. The van der Waals surface area contributed by atoms with Crippen molar-refractivity contribution in [3.8, 4) is 11.1 Å². The molecular formula is C22H24B2N4O2. The minimum atomic E-state index is -1.53. The Morgan fingerprint density at radius 3 is 2.60 bits per heavy atom. The number of nitrogens with zero attached hydrogens (tertiary/aromatic N) is 3. The molecule has 0 saturated heterocycles. The number of rotatable bonds is 2. The van der Waals surface area contributed by atoms with E-state index in [0.717, 1.165) is 42.4 Å². The van der Waals surface area contributed by atoms with Gasteiger partial charge in [-0.2, -0.15) is 0 Å². The van der Waals surface area contributed by atoms with Crippen molar-refractivity contribution in [2.75, 3.05) is 7.11 Å². The van der Waals surface area contributed by atoms with Crippen LogP contribution in [0.25, 0.3) is 11.1 Å². The van der Waals surface area contributed by atoms with Crippen molar-refractivity contribution in [1.29, 1.82) is 0 Å². The Hall–Kier alpha value is -2.34. The Labute approximate surface area is 179 Å². The molecule has 1 saturated carbocycles. The molecule has 150 valence electrons. The van der Waals surface area contributed by atoms with Crippen molar-refractivity contribution in [2.24, 2.45) is 22.1 Å². The number of hydrogen-bond acceptors (Lipinski definition) is 6. The van der Waals surface area contributed by atoms with Gasteiger partial charge in [-0.15, -0.1) is 0 Å². The lowest BCUT2D eigenvalue weighted by molar-refractivity contribution is -0.0559. The predicted octanol–water partition coefficient (Wildman–Crippen LogP) is 2.05. The van der Waals surface area contributed by atoms with Crippen molar-refractivity contribution >= 4 is 21.7 Å². The van der Waals surface area contributed by atoms with Gasteiger partial charge in [-0.1, -0.05) is 19.1 Å². The largest absolute Gasteiger partial charge is 0.476 e. The molecule has 1 aliphatic heterocycles. The zero-order valence-corrected chi connectivity index (χ0v) is 17.3. The lowest BCUT2D eigenvalue weighted by Gasteiger charge is -2.53. The summed E-state index contributed by atoms with van der Waals surface area (Å²) in [6.45, 7) is 2.22. The molecule has 4 radical (unpaired) electrons. The maximum absolute atomic E-state index is 6.64. The minimum Gasteiger partial charge on any atom is -0.476 e. The van der Waals surface area contributed by atoms with Crippen LogP contribution < -0.4 is 5.73 Å². The summed E-state index contributed by atoms with van der Waals surface area (Å²) in [4.78, 5) is 13.2. The smallest absolute Gasteiger partial charge is 0.281 e. The van der Waals surface area contributed by atoms with Crippen LogP contribution in [0.5, 0.6) is 0 Å². The summed E-state index contributed by atoms with van der Waals surface area (Å²) < 4.78 is 11.4. The summed E-state index contributed by atoms with van der Waals surface area (Å²) >= 11 is 0. The summed E-state index contributed by atoms with van der Waals surface area (Å²) in [5.41, 5.74) is 8.89.